The maximum atomic E-state index is 12.8. The van der Waals surface area contributed by atoms with Crippen molar-refractivity contribution in [2.45, 2.75) is 19.8 Å². The number of likely N-dealkylation sites (tertiary alicyclic amines) is 1. The average molecular weight is 408 g/mol. The van der Waals surface area contributed by atoms with Crippen LogP contribution in [-0.2, 0) is 0 Å². The minimum Gasteiger partial charge on any atom is -0.338 e. The van der Waals surface area contributed by atoms with E-state index in [2.05, 4.69) is 16.4 Å². The molecule has 1 saturated heterocycles. The Hall–Kier alpha value is -0.660. The summed E-state index contributed by atoms with van der Waals surface area (Å²) in [6.07, 6.45) is 2.17. The van der Waals surface area contributed by atoms with Crippen LogP contribution < -0.4 is 5.32 Å². The van der Waals surface area contributed by atoms with Gasteiger partial charge >= 0.3 is 0 Å². The fraction of sp³-hybridized carbons (Fsp3) is 0.500. The number of thiazole rings is 1. The van der Waals surface area contributed by atoms with Crippen LogP contribution in [0.5, 0.6) is 0 Å². The molecule has 0 atom stereocenters. The summed E-state index contributed by atoms with van der Waals surface area (Å²) in [6, 6.07) is 4.07. The van der Waals surface area contributed by atoms with Crippen molar-refractivity contribution in [3.05, 3.63) is 28.1 Å². The quantitative estimate of drug-likeness (QED) is 0.829. The largest absolute Gasteiger partial charge is 0.338 e. The lowest BCUT2D eigenvalue weighted by Crippen LogP contribution is -2.40. The number of carbonyl (C=O) groups excluding carboxylic acids is 1. The monoisotopic (exact) mass is 407 g/mol. The minimum atomic E-state index is 0. The van der Waals surface area contributed by atoms with Gasteiger partial charge in [0, 0.05) is 13.1 Å². The summed E-state index contributed by atoms with van der Waals surface area (Å²) >= 11 is 3.19. The molecular formula is C16H23Cl2N3OS2. The lowest BCUT2D eigenvalue weighted by molar-refractivity contribution is 0.0695. The third kappa shape index (κ3) is 4.70. The number of aromatic nitrogens is 1. The number of amides is 1. The molecule has 1 fully saturated rings. The molecule has 0 aromatic carbocycles. The first-order valence-electron chi connectivity index (χ1n) is 7.64. The standard InChI is InChI=1S/C16H21N3OS2.2ClH/c1-11-14(22-15(18-11)13-4-3-9-21-13)16(20)19-7-5-12(6-8-19)10-17-2;;/h3-4,9,12,17H,5-8,10H2,1-2H3;2*1H. The predicted molar refractivity (Wildman–Crippen MR) is 107 cm³/mol. The summed E-state index contributed by atoms with van der Waals surface area (Å²) in [5.74, 6) is 0.846. The molecule has 1 aliphatic rings. The van der Waals surface area contributed by atoms with Crippen molar-refractivity contribution < 1.29 is 4.79 Å². The number of nitrogens with zero attached hydrogens (tertiary/aromatic N) is 2. The second-order valence-corrected chi connectivity index (χ2v) is 7.65. The van der Waals surface area contributed by atoms with Gasteiger partial charge in [-0.1, -0.05) is 6.07 Å². The maximum absolute atomic E-state index is 12.8. The molecule has 8 heteroatoms. The zero-order chi connectivity index (χ0) is 15.5. The van der Waals surface area contributed by atoms with Gasteiger partial charge in [0.15, 0.2) is 0 Å². The summed E-state index contributed by atoms with van der Waals surface area (Å²) in [6.45, 7) is 4.70. The molecule has 134 valence electrons. The molecule has 4 nitrogen and oxygen atoms in total. The molecule has 0 spiro atoms. The lowest BCUT2D eigenvalue weighted by Gasteiger charge is -2.31. The molecule has 2 aromatic rings. The Balaban J connectivity index is 0.00000144. The minimum absolute atomic E-state index is 0. The Bertz CT molecular complexity index is 638. The first kappa shape index (κ1) is 21.4. The molecule has 1 amide bonds. The van der Waals surface area contributed by atoms with Gasteiger partial charge in [-0.3, -0.25) is 4.79 Å². The highest BCUT2D eigenvalue weighted by Crippen LogP contribution is 2.32. The van der Waals surface area contributed by atoms with Gasteiger partial charge in [-0.25, -0.2) is 4.98 Å². The molecule has 1 N–H and O–H groups in total. The number of piperidine rings is 1. The number of aryl methyl sites for hydroxylation is 1. The lowest BCUT2D eigenvalue weighted by atomic mass is 9.97. The van der Waals surface area contributed by atoms with Crippen LogP contribution in [0.1, 0.15) is 28.2 Å². The van der Waals surface area contributed by atoms with Gasteiger partial charge in [-0.05, 0) is 50.7 Å². The van der Waals surface area contributed by atoms with E-state index in [0.29, 0.717) is 5.92 Å². The van der Waals surface area contributed by atoms with Crippen LogP contribution in [-0.4, -0.2) is 42.5 Å². The highest BCUT2D eigenvalue weighted by atomic mass is 35.5. The van der Waals surface area contributed by atoms with E-state index >= 15 is 0 Å². The van der Waals surface area contributed by atoms with E-state index in [1.54, 1.807) is 11.3 Å². The summed E-state index contributed by atoms with van der Waals surface area (Å²) < 4.78 is 0. The summed E-state index contributed by atoms with van der Waals surface area (Å²) in [4.78, 5) is 21.3. The third-order valence-corrected chi connectivity index (χ3v) is 6.30. The van der Waals surface area contributed by atoms with Gasteiger partial charge in [0.05, 0.1) is 10.6 Å². The fourth-order valence-corrected chi connectivity index (χ4v) is 4.70. The van der Waals surface area contributed by atoms with E-state index in [1.165, 1.54) is 11.3 Å². The van der Waals surface area contributed by atoms with Gasteiger partial charge in [0.1, 0.15) is 9.88 Å². The Morgan fingerprint density at radius 1 is 1.38 bits per heavy atom. The Morgan fingerprint density at radius 3 is 2.67 bits per heavy atom. The molecule has 24 heavy (non-hydrogen) atoms. The van der Waals surface area contributed by atoms with Gasteiger partial charge in [0.25, 0.3) is 5.91 Å². The van der Waals surface area contributed by atoms with Crippen LogP contribution in [0.15, 0.2) is 17.5 Å². The summed E-state index contributed by atoms with van der Waals surface area (Å²) in [5.41, 5.74) is 0.857. The van der Waals surface area contributed by atoms with E-state index in [9.17, 15) is 4.79 Å². The topological polar surface area (TPSA) is 45.2 Å². The van der Waals surface area contributed by atoms with Crippen molar-refractivity contribution in [3.8, 4) is 9.88 Å². The van der Waals surface area contributed by atoms with Crippen LogP contribution in [0.25, 0.3) is 9.88 Å². The number of hydrogen-bond donors (Lipinski definition) is 1. The molecule has 0 unspecified atom stereocenters. The Kier molecular flexibility index (Phi) is 8.67. The van der Waals surface area contributed by atoms with Crippen molar-refractivity contribution >= 4 is 53.4 Å². The van der Waals surface area contributed by atoms with Crippen LogP contribution in [0.3, 0.4) is 0 Å². The Morgan fingerprint density at radius 2 is 2.08 bits per heavy atom. The molecular weight excluding hydrogens is 385 g/mol. The van der Waals surface area contributed by atoms with Crippen LogP contribution in [0.4, 0.5) is 0 Å². The zero-order valence-corrected chi connectivity index (χ0v) is 17.0. The van der Waals surface area contributed by atoms with Crippen LogP contribution >= 0.6 is 47.5 Å². The van der Waals surface area contributed by atoms with Crippen LogP contribution in [0.2, 0.25) is 0 Å². The first-order chi connectivity index (χ1) is 10.7. The maximum Gasteiger partial charge on any atom is 0.265 e. The van der Waals surface area contributed by atoms with Gasteiger partial charge in [0.2, 0.25) is 0 Å². The predicted octanol–water partition coefficient (Wildman–Crippen LogP) is 4.10. The second-order valence-electron chi connectivity index (χ2n) is 5.70. The number of nitrogens with one attached hydrogen (secondary N) is 1. The molecule has 3 rings (SSSR count). The summed E-state index contributed by atoms with van der Waals surface area (Å²) in [7, 11) is 1.99. The number of thiophene rings is 1. The zero-order valence-electron chi connectivity index (χ0n) is 13.8. The third-order valence-electron chi connectivity index (χ3n) is 4.12. The molecule has 1 aliphatic heterocycles. The molecule has 2 aromatic heterocycles. The Labute approximate surface area is 163 Å². The van der Waals surface area contributed by atoms with Crippen molar-refractivity contribution in [1.82, 2.24) is 15.2 Å². The SMILES string of the molecule is CNCC1CCN(C(=O)c2sc(-c3cccs3)nc2C)CC1.Cl.Cl. The molecule has 0 aliphatic carbocycles. The molecule has 3 heterocycles. The molecule has 0 saturated carbocycles. The van der Waals surface area contributed by atoms with Crippen molar-refractivity contribution in [2.24, 2.45) is 5.92 Å². The second kappa shape index (κ2) is 9.73. The van der Waals surface area contributed by atoms with E-state index in [1.807, 2.05) is 30.3 Å². The normalized spacial score (nSPS) is 14.8. The highest BCUT2D eigenvalue weighted by molar-refractivity contribution is 7.22. The number of halogens is 2. The smallest absolute Gasteiger partial charge is 0.265 e. The van der Waals surface area contributed by atoms with Crippen LogP contribution in [0, 0.1) is 12.8 Å². The molecule has 0 radical (unpaired) electrons. The van der Waals surface area contributed by atoms with E-state index in [0.717, 1.165) is 52.9 Å². The highest BCUT2D eigenvalue weighted by Gasteiger charge is 2.26. The fourth-order valence-electron chi connectivity index (χ4n) is 2.87. The number of hydrogen-bond acceptors (Lipinski definition) is 5. The van der Waals surface area contributed by atoms with Crippen molar-refractivity contribution in [2.75, 3.05) is 26.7 Å². The number of rotatable bonds is 4. The average Bonchev–Trinajstić information content (AvgIpc) is 3.17. The van der Waals surface area contributed by atoms with Crippen molar-refractivity contribution in [1.29, 1.82) is 0 Å². The van der Waals surface area contributed by atoms with E-state index in [4.69, 9.17) is 0 Å². The molecule has 0 bridgehead atoms. The summed E-state index contributed by atoms with van der Waals surface area (Å²) in [5, 5.41) is 6.23. The van der Waals surface area contributed by atoms with Crippen molar-refractivity contribution in [3.63, 3.8) is 0 Å². The van der Waals surface area contributed by atoms with Gasteiger partial charge in [-0.15, -0.1) is 47.5 Å². The first-order valence-corrected chi connectivity index (χ1v) is 9.34. The van der Waals surface area contributed by atoms with E-state index < -0.39 is 0 Å². The number of carbonyl (C=O) groups is 1. The van der Waals surface area contributed by atoms with Gasteiger partial charge < -0.3 is 10.2 Å². The van der Waals surface area contributed by atoms with Gasteiger partial charge in [-0.2, -0.15) is 0 Å². The van der Waals surface area contributed by atoms with E-state index in [-0.39, 0.29) is 30.7 Å².